The van der Waals surface area contributed by atoms with Gasteiger partial charge >= 0.3 is 0 Å². The van der Waals surface area contributed by atoms with Crippen molar-refractivity contribution in [2.24, 2.45) is 0 Å². The minimum atomic E-state index is 0.802. The summed E-state index contributed by atoms with van der Waals surface area (Å²) in [7, 11) is 0. The zero-order valence-electron chi connectivity index (χ0n) is 5.30. The van der Waals surface area contributed by atoms with E-state index in [1.54, 1.807) is 0 Å². The topological polar surface area (TPSA) is 23.8 Å². The molecule has 0 aliphatic heterocycles. The normalized spacial score (nSPS) is 9.20. The highest BCUT2D eigenvalue weighted by Gasteiger charge is 1.96. The van der Waals surface area contributed by atoms with Gasteiger partial charge in [0, 0.05) is 5.33 Å². The Morgan fingerprint density at radius 3 is 3.00 bits per heavy atom. The fourth-order valence-corrected chi connectivity index (χ4v) is 1.87. The fraction of sp³-hybridized carbons (Fsp3) is 0.286. The highest BCUT2D eigenvalue weighted by atomic mass is 79.9. The minimum Gasteiger partial charge on any atom is -0.192 e. The van der Waals surface area contributed by atoms with Crippen LogP contribution < -0.4 is 0 Å². The first-order chi connectivity index (χ1) is 4.86. The van der Waals surface area contributed by atoms with Crippen LogP contribution in [0.5, 0.6) is 0 Å². The quantitative estimate of drug-likeness (QED) is 0.697. The molecule has 1 rings (SSSR count). The fourth-order valence-electron chi connectivity index (χ4n) is 0.674. The number of hydrogen-bond acceptors (Lipinski definition) is 2. The van der Waals surface area contributed by atoms with Gasteiger partial charge in [0.1, 0.15) is 10.9 Å². The van der Waals surface area contributed by atoms with E-state index in [-0.39, 0.29) is 0 Å². The molecule has 10 heavy (non-hydrogen) atoms. The molecule has 0 N–H and O–H groups in total. The van der Waals surface area contributed by atoms with E-state index in [4.69, 9.17) is 5.26 Å². The molecule has 3 heteroatoms. The van der Waals surface area contributed by atoms with E-state index in [9.17, 15) is 0 Å². The van der Waals surface area contributed by atoms with Crippen LogP contribution in [0.3, 0.4) is 0 Å². The molecule has 0 saturated carbocycles. The smallest absolute Gasteiger partial charge is 0.110 e. The van der Waals surface area contributed by atoms with Crippen molar-refractivity contribution >= 4 is 27.3 Å². The van der Waals surface area contributed by atoms with Gasteiger partial charge < -0.3 is 0 Å². The number of thiophene rings is 1. The predicted octanol–water partition coefficient (Wildman–Crippen LogP) is 2.56. The Morgan fingerprint density at radius 2 is 2.50 bits per heavy atom. The third-order valence-corrected chi connectivity index (χ3v) is 2.43. The van der Waals surface area contributed by atoms with E-state index in [0.29, 0.717) is 0 Å². The highest BCUT2D eigenvalue weighted by Crippen LogP contribution is 2.14. The van der Waals surface area contributed by atoms with Gasteiger partial charge in [-0.05, 0) is 23.4 Å². The number of hydrogen-bond donors (Lipinski definition) is 0. The molecule has 1 aromatic rings. The summed E-state index contributed by atoms with van der Waals surface area (Å²) in [6, 6.07) is 4.05. The Bertz CT molecular complexity index is 248. The molecular formula is C7H6BrNS. The lowest BCUT2D eigenvalue weighted by Crippen LogP contribution is -1.78. The summed E-state index contributed by atoms with van der Waals surface area (Å²) in [5, 5.41) is 11.5. The van der Waals surface area contributed by atoms with Crippen LogP contribution in [-0.2, 0) is 6.42 Å². The van der Waals surface area contributed by atoms with Crippen LogP contribution in [0, 0.1) is 11.3 Å². The molecule has 0 spiro atoms. The van der Waals surface area contributed by atoms with Gasteiger partial charge in [0.2, 0.25) is 0 Å². The van der Waals surface area contributed by atoms with Crippen LogP contribution in [0.2, 0.25) is 0 Å². The van der Waals surface area contributed by atoms with Gasteiger partial charge in [0.05, 0.1) is 0 Å². The van der Waals surface area contributed by atoms with Crippen molar-refractivity contribution in [3.8, 4) is 6.07 Å². The first kappa shape index (κ1) is 7.77. The standard InChI is InChI=1S/C7H6BrNS/c8-2-1-6-3-7(4-9)10-5-6/h3,5H,1-2H2. The number of nitrogens with zero attached hydrogens (tertiary/aromatic N) is 1. The van der Waals surface area contributed by atoms with E-state index in [0.717, 1.165) is 16.6 Å². The summed E-state index contributed by atoms with van der Waals surface area (Å²) in [4.78, 5) is 0.802. The van der Waals surface area contributed by atoms with Gasteiger partial charge in [-0.2, -0.15) is 5.26 Å². The van der Waals surface area contributed by atoms with E-state index in [2.05, 4.69) is 22.0 Å². The largest absolute Gasteiger partial charge is 0.192 e. The van der Waals surface area contributed by atoms with Crippen molar-refractivity contribution in [1.29, 1.82) is 5.26 Å². The summed E-state index contributed by atoms with van der Waals surface area (Å²) in [5.41, 5.74) is 1.25. The Kier molecular flexibility index (Phi) is 2.91. The third-order valence-electron chi connectivity index (χ3n) is 1.15. The van der Waals surface area contributed by atoms with Crippen molar-refractivity contribution in [3.05, 3.63) is 21.9 Å². The average Bonchev–Trinajstić information content (AvgIpc) is 2.37. The molecule has 1 aromatic heterocycles. The molecule has 0 bridgehead atoms. The third kappa shape index (κ3) is 1.83. The summed E-state index contributed by atoms with van der Waals surface area (Å²) < 4.78 is 0. The van der Waals surface area contributed by atoms with E-state index >= 15 is 0 Å². The lowest BCUT2D eigenvalue weighted by molar-refractivity contribution is 1.19. The van der Waals surface area contributed by atoms with E-state index < -0.39 is 0 Å². The molecule has 52 valence electrons. The van der Waals surface area contributed by atoms with Crippen LogP contribution in [0.15, 0.2) is 11.4 Å². The van der Waals surface area contributed by atoms with Crippen molar-refractivity contribution in [3.63, 3.8) is 0 Å². The second-order valence-electron chi connectivity index (χ2n) is 1.87. The maximum Gasteiger partial charge on any atom is 0.110 e. The van der Waals surface area contributed by atoms with Gasteiger partial charge in [-0.25, -0.2) is 0 Å². The summed E-state index contributed by atoms with van der Waals surface area (Å²) in [5.74, 6) is 0. The van der Waals surface area contributed by atoms with Crippen molar-refractivity contribution in [2.75, 3.05) is 5.33 Å². The van der Waals surface area contributed by atoms with E-state index in [1.165, 1.54) is 16.9 Å². The van der Waals surface area contributed by atoms with Gasteiger partial charge in [-0.15, -0.1) is 11.3 Å². The van der Waals surface area contributed by atoms with Crippen LogP contribution in [0.25, 0.3) is 0 Å². The highest BCUT2D eigenvalue weighted by molar-refractivity contribution is 9.09. The number of aryl methyl sites for hydroxylation is 1. The summed E-state index contributed by atoms with van der Waals surface area (Å²) >= 11 is 4.85. The molecule has 1 nitrogen and oxygen atoms in total. The van der Waals surface area contributed by atoms with Crippen molar-refractivity contribution in [1.82, 2.24) is 0 Å². The first-order valence-electron chi connectivity index (χ1n) is 2.90. The molecule has 0 aliphatic carbocycles. The minimum absolute atomic E-state index is 0.802. The molecule has 1 heterocycles. The predicted molar refractivity (Wildman–Crippen MR) is 46.5 cm³/mol. The van der Waals surface area contributed by atoms with Crippen LogP contribution >= 0.6 is 27.3 Å². The van der Waals surface area contributed by atoms with Gasteiger partial charge in [0.15, 0.2) is 0 Å². The molecule has 0 fully saturated rings. The zero-order valence-corrected chi connectivity index (χ0v) is 7.70. The van der Waals surface area contributed by atoms with Crippen molar-refractivity contribution < 1.29 is 0 Å². The molecule has 0 amide bonds. The van der Waals surface area contributed by atoms with Gasteiger partial charge in [0.25, 0.3) is 0 Å². The lowest BCUT2D eigenvalue weighted by atomic mass is 10.2. The summed E-state index contributed by atoms with van der Waals surface area (Å²) in [6.07, 6.45) is 1.01. The van der Waals surface area contributed by atoms with Crippen LogP contribution in [0.1, 0.15) is 10.4 Å². The Morgan fingerprint density at radius 1 is 1.70 bits per heavy atom. The molecule has 0 atom stereocenters. The lowest BCUT2D eigenvalue weighted by Gasteiger charge is -1.85. The Hall–Kier alpha value is -0.330. The number of nitriles is 1. The van der Waals surface area contributed by atoms with Crippen LogP contribution in [-0.4, -0.2) is 5.33 Å². The monoisotopic (exact) mass is 215 g/mol. The van der Waals surface area contributed by atoms with Gasteiger partial charge in [-0.3, -0.25) is 0 Å². The number of rotatable bonds is 2. The first-order valence-corrected chi connectivity index (χ1v) is 4.90. The second-order valence-corrected chi connectivity index (χ2v) is 3.57. The maximum atomic E-state index is 8.47. The maximum absolute atomic E-state index is 8.47. The number of halogens is 1. The Labute approximate surface area is 72.4 Å². The van der Waals surface area contributed by atoms with Crippen LogP contribution in [0.4, 0.5) is 0 Å². The zero-order chi connectivity index (χ0) is 7.40. The van der Waals surface area contributed by atoms with E-state index in [1.807, 2.05) is 11.4 Å². The molecule has 0 unspecified atom stereocenters. The SMILES string of the molecule is N#Cc1cc(CCBr)cs1. The average molecular weight is 216 g/mol. The number of alkyl halides is 1. The summed E-state index contributed by atoms with van der Waals surface area (Å²) in [6.45, 7) is 0. The molecule has 0 radical (unpaired) electrons. The second kappa shape index (κ2) is 3.75. The molecule has 0 aromatic carbocycles. The molecule has 0 saturated heterocycles. The van der Waals surface area contributed by atoms with Crippen molar-refractivity contribution in [2.45, 2.75) is 6.42 Å². The molecule has 0 aliphatic rings. The Balaban J connectivity index is 2.71. The molecular weight excluding hydrogens is 210 g/mol. The van der Waals surface area contributed by atoms with Gasteiger partial charge in [-0.1, -0.05) is 15.9 Å².